The minimum atomic E-state index is 0.212. The molecule has 3 N–H and O–H groups in total. The lowest BCUT2D eigenvalue weighted by Gasteiger charge is -2.27. The highest BCUT2D eigenvalue weighted by molar-refractivity contribution is 5.76. The largest absolute Gasteiger partial charge is 0.356 e. The first kappa shape index (κ1) is 11.5. The summed E-state index contributed by atoms with van der Waals surface area (Å²) in [4.78, 5) is 11.3. The van der Waals surface area contributed by atoms with Gasteiger partial charge < -0.3 is 11.1 Å². The maximum absolute atomic E-state index is 11.3. The second-order valence-electron chi connectivity index (χ2n) is 4.28. The Kier molecular flexibility index (Phi) is 4.94. The predicted molar refractivity (Wildman–Crippen MR) is 57.8 cm³/mol. The Bertz CT molecular complexity index is 174. The lowest BCUT2D eigenvalue weighted by Crippen LogP contribution is -2.28. The number of hydrogen-bond donors (Lipinski definition) is 2. The van der Waals surface area contributed by atoms with Crippen LogP contribution in [0.4, 0.5) is 0 Å². The zero-order valence-corrected chi connectivity index (χ0v) is 9.09. The van der Waals surface area contributed by atoms with Crippen molar-refractivity contribution in [1.82, 2.24) is 5.32 Å². The van der Waals surface area contributed by atoms with E-state index in [1.54, 1.807) is 0 Å². The molecule has 0 atom stereocenters. The molecular formula is C11H22N2O. The number of rotatable bonds is 4. The first-order valence-electron chi connectivity index (χ1n) is 5.73. The molecule has 0 spiro atoms. The number of carbonyl (C=O) groups is 1. The van der Waals surface area contributed by atoms with Crippen LogP contribution in [-0.4, -0.2) is 19.0 Å². The summed E-state index contributed by atoms with van der Waals surface area (Å²) in [6, 6.07) is 0. The van der Waals surface area contributed by atoms with E-state index in [2.05, 4.69) is 5.32 Å². The van der Waals surface area contributed by atoms with E-state index >= 15 is 0 Å². The van der Waals surface area contributed by atoms with E-state index in [0.717, 1.165) is 13.1 Å². The Balaban J connectivity index is 2.18. The van der Waals surface area contributed by atoms with Crippen LogP contribution in [0.2, 0.25) is 0 Å². The van der Waals surface area contributed by atoms with Crippen LogP contribution >= 0.6 is 0 Å². The second kappa shape index (κ2) is 6.02. The Morgan fingerprint density at radius 3 is 2.36 bits per heavy atom. The minimum Gasteiger partial charge on any atom is -0.356 e. The molecule has 1 amide bonds. The number of amides is 1. The van der Waals surface area contributed by atoms with Gasteiger partial charge >= 0.3 is 0 Å². The highest BCUT2D eigenvalue weighted by atomic mass is 16.1. The van der Waals surface area contributed by atoms with Gasteiger partial charge in [-0.2, -0.15) is 0 Å². The van der Waals surface area contributed by atoms with Crippen molar-refractivity contribution in [2.75, 3.05) is 13.1 Å². The molecule has 0 aromatic carbocycles. The summed E-state index contributed by atoms with van der Waals surface area (Å²) in [6.07, 6.45) is 5.49. The standard InChI is InChI=1S/C11H22N2O/c1-2-13-11(14)7-9-3-5-10(8-12)6-4-9/h9-10H,2-8,12H2,1H3,(H,13,14). The average molecular weight is 198 g/mol. The van der Waals surface area contributed by atoms with Crippen molar-refractivity contribution in [1.29, 1.82) is 0 Å². The summed E-state index contributed by atoms with van der Waals surface area (Å²) >= 11 is 0. The lowest BCUT2D eigenvalue weighted by atomic mass is 9.80. The third-order valence-corrected chi connectivity index (χ3v) is 3.15. The summed E-state index contributed by atoms with van der Waals surface area (Å²) < 4.78 is 0. The van der Waals surface area contributed by atoms with Crippen LogP contribution in [-0.2, 0) is 4.79 Å². The van der Waals surface area contributed by atoms with E-state index in [4.69, 9.17) is 5.73 Å². The van der Waals surface area contributed by atoms with Crippen molar-refractivity contribution in [3.8, 4) is 0 Å². The van der Waals surface area contributed by atoms with Gasteiger partial charge in [-0.1, -0.05) is 0 Å². The lowest BCUT2D eigenvalue weighted by molar-refractivity contribution is -0.122. The monoisotopic (exact) mass is 198 g/mol. The van der Waals surface area contributed by atoms with Crippen LogP contribution in [0, 0.1) is 11.8 Å². The molecule has 0 aromatic heterocycles. The number of hydrogen-bond acceptors (Lipinski definition) is 2. The molecule has 0 unspecified atom stereocenters. The van der Waals surface area contributed by atoms with Crippen LogP contribution in [0.3, 0.4) is 0 Å². The van der Waals surface area contributed by atoms with Crippen LogP contribution < -0.4 is 11.1 Å². The van der Waals surface area contributed by atoms with Gasteiger partial charge in [0.25, 0.3) is 0 Å². The van der Waals surface area contributed by atoms with Crippen LogP contribution in [0.1, 0.15) is 39.0 Å². The molecule has 1 rings (SSSR count). The molecule has 1 fully saturated rings. The molecule has 1 aliphatic rings. The zero-order chi connectivity index (χ0) is 10.4. The number of nitrogens with two attached hydrogens (primary N) is 1. The first-order valence-corrected chi connectivity index (χ1v) is 5.73. The van der Waals surface area contributed by atoms with Crippen molar-refractivity contribution in [3.05, 3.63) is 0 Å². The fourth-order valence-corrected chi connectivity index (χ4v) is 2.20. The van der Waals surface area contributed by atoms with E-state index < -0.39 is 0 Å². The predicted octanol–water partition coefficient (Wildman–Crippen LogP) is 1.28. The molecule has 1 saturated carbocycles. The van der Waals surface area contributed by atoms with Gasteiger partial charge in [-0.15, -0.1) is 0 Å². The molecule has 0 aromatic rings. The highest BCUT2D eigenvalue weighted by Crippen LogP contribution is 2.29. The summed E-state index contributed by atoms with van der Waals surface area (Å²) in [6.45, 7) is 3.52. The van der Waals surface area contributed by atoms with Crippen molar-refractivity contribution in [2.45, 2.75) is 39.0 Å². The molecule has 0 bridgehead atoms. The smallest absolute Gasteiger partial charge is 0.220 e. The molecule has 0 radical (unpaired) electrons. The van der Waals surface area contributed by atoms with Crippen molar-refractivity contribution >= 4 is 5.91 Å². The topological polar surface area (TPSA) is 55.1 Å². The van der Waals surface area contributed by atoms with Gasteiger partial charge in [-0.3, -0.25) is 4.79 Å². The fraction of sp³-hybridized carbons (Fsp3) is 0.909. The SMILES string of the molecule is CCNC(=O)CC1CCC(CN)CC1. The molecule has 0 aliphatic heterocycles. The van der Waals surface area contributed by atoms with E-state index in [0.29, 0.717) is 18.3 Å². The van der Waals surface area contributed by atoms with Crippen LogP contribution in [0.5, 0.6) is 0 Å². The summed E-state index contributed by atoms with van der Waals surface area (Å²) in [5.74, 6) is 1.52. The highest BCUT2D eigenvalue weighted by Gasteiger charge is 2.21. The Hall–Kier alpha value is -0.570. The molecule has 0 saturated heterocycles. The van der Waals surface area contributed by atoms with Crippen LogP contribution in [0.15, 0.2) is 0 Å². The second-order valence-corrected chi connectivity index (χ2v) is 4.28. The zero-order valence-electron chi connectivity index (χ0n) is 9.09. The summed E-state index contributed by atoms with van der Waals surface area (Å²) in [7, 11) is 0. The van der Waals surface area contributed by atoms with E-state index in [9.17, 15) is 4.79 Å². The van der Waals surface area contributed by atoms with Gasteiger partial charge in [-0.05, 0) is 51.0 Å². The van der Waals surface area contributed by atoms with Gasteiger partial charge in [0.05, 0.1) is 0 Å². The maximum Gasteiger partial charge on any atom is 0.220 e. The molecule has 3 nitrogen and oxygen atoms in total. The average Bonchev–Trinajstić information content (AvgIpc) is 2.19. The molecule has 1 aliphatic carbocycles. The molecule has 82 valence electrons. The van der Waals surface area contributed by atoms with Crippen molar-refractivity contribution in [2.24, 2.45) is 17.6 Å². The minimum absolute atomic E-state index is 0.212. The molecule has 14 heavy (non-hydrogen) atoms. The third-order valence-electron chi connectivity index (χ3n) is 3.15. The number of nitrogens with one attached hydrogen (secondary N) is 1. The molecule has 0 heterocycles. The van der Waals surface area contributed by atoms with Gasteiger partial charge in [0, 0.05) is 13.0 Å². The first-order chi connectivity index (χ1) is 6.76. The van der Waals surface area contributed by atoms with E-state index in [1.807, 2.05) is 6.92 Å². The Morgan fingerprint density at radius 1 is 1.29 bits per heavy atom. The third kappa shape index (κ3) is 3.66. The molecule has 3 heteroatoms. The quantitative estimate of drug-likeness (QED) is 0.715. The van der Waals surface area contributed by atoms with E-state index in [-0.39, 0.29) is 5.91 Å². The summed E-state index contributed by atoms with van der Waals surface area (Å²) in [5, 5.41) is 2.85. The van der Waals surface area contributed by atoms with Crippen molar-refractivity contribution < 1.29 is 4.79 Å². The van der Waals surface area contributed by atoms with Gasteiger partial charge in [-0.25, -0.2) is 0 Å². The van der Waals surface area contributed by atoms with Gasteiger partial charge in [0.1, 0.15) is 0 Å². The number of carbonyl (C=O) groups excluding carboxylic acids is 1. The van der Waals surface area contributed by atoms with E-state index in [1.165, 1.54) is 25.7 Å². The van der Waals surface area contributed by atoms with Gasteiger partial charge in [0.2, 0.25) is 5.91 Å². The fourth-order valence-electron chi connectivity index (χ4n) is 2.20. The normalized spacial score (nSPS) is 27.3. The van der Waals surface area contributed by atoms with Crippen LogP contribution in [0.25, 0.3) is 0 Å². The van der Waals surface area contributed by atoms with Crippen molar-refractivity contribution in [3.63, 3.8) is 0 Å². The van der Waals surface area contributed by atoms with Gasteiger partial charge in [0.15, 0.2) is 0 Å². The Labute approximate surface area is 86.4 Å². The summed E-state index contributed by atoms with van der Waals surface area (Å²) in [5.41, 5.74) is 5.62. The Morgan fingerprint density at radius 2 is 1.86 bits per heavy atom. The molecular weight excluding hydrogens is 176 g/mol. The maximum atomic E-state index is 11.3.